The number of aryl methyl sites for hydroxylation is 1. The SMILES string of the molecule is COc1ccc(C(=O)Nc2ccc(C)c(-n3cnnn3)c2)cc1. The van der Waals surface area contributed by atoms with Crippen molar-refractivity contribution >= 4 is 11.6 Å². The first-order chi connectivity index (χ1) is 11.2. The number of rotatable bonds is 4. The number of hydrogen-bond acceptors (Lipinski definition) is 5. The summed E-state index contributed by atoms with van der Waals surface area (Å²) in [4.78, 5) is 12.3. The second-order valence-electron chi connectivity index (χ2n) is 4.94. The monoisotopic (exact) mass is 309 g/mol. The summed E-state index contributed by atoms with van der Waals surface area (Å²) < 4.78 is 6.64. The smallest absolute Gasteiger partial charge is 0.255 e. The molecular weight excluding hydrogens is 294 g/mol. The number of carbonyl (C=O) groups excluding carboxylic acids is 1. The van der Waals surface area contributed by atoms with E-state index in [-0.39, 0.29) is 5.91 Å². The molecule has 1 amide bonds. The second kappa shape index (κ2) is 6.27. The summed E-state index contributed by atoms with van der Waals surface area (Å²) in [6.07, 6.45) is 1.51. The van der Waals surface area contributed by atoms with Gasteiger partial charge in [-0.05, 0) is 59.3 Å². The lowest BCUT2D eigenvalue weighted by molar-refractivity contribution is 0.102. The van der Waals surface area contributed by atoms with Crippen molar-refractivity contribution in [2.24, 2.45) is 0 Å². The van der Waals surface area contributed by atoms with E-state index in [0.29, 0.717) is 17.0 Å². The van der Waals surface area contributed by atoms with Crippen molar-refractivity contribution in [1.82, 2.24) is 20.2 Å². The molecule has 0 fully saturated rings. The second-order valence-corrected chi connectivity index (χ2v) is 4.94. The number of carbonyl (C=O) groups is 1. The van der Waals surface area contributed by atoms with E-state index in [0.717, 1.165) is 11.3 Å². The highest BCUT2D eigenvalue weighted by Crippen LogP contribution is 2.19. The number of tetrazole rings is 1. The quantitative estimate of drug-likeness (QED) is 0.799. The fourth-order valence-electron chi connectivity index (χ4n) is 2.15. The molecule has 1 N–H and O–H groups in total. The van der Waals surface area contributed by atoms with Crippen LogP contribution < -0.4 is 10.1 Å². The summed E-state index contributed by atoms with van der Waals surface area (Å²) in [6, 6.07) is 12.5. The van der Waals surface area contributed by atoms with Gasteiger partial charge in [0.2, 0.25) is 0 Å². The molecule has 1 heterocycles. The van der Waals surface area contributed by atoms with Crippen LogP contribution in [0.2, 0.25) is 0 Å². The molecular formula is C16H15N5O2. The number of anilines is 1. The molecule has 0 saturated heterocycles. The van der Waals surface area contributed by atoms with Gasteiger partial charge in [-0.25, -0.2) is 4.68 Å². The summed E-state index contributed by atoms with van der Waals surface area (Å²) in [5.41, 5.74) is 3.03. The fraction of sp³-hybridized carbons (Fsp3) is 0.125. The normalized spacial score (nSPS) is 10.3. The third-order valence-corrected chi connectivity index (χ3v) is 3.42. The molecule has 116 valence electrons. The number of hydrogen-bond donors (Lipinski definition) is 1. The number of aromatic nitrogens is 4. The van der Waals surface area contributed by atoms with Crippen molar-refractivity contribution < 1.29 is 9.53 Å². The zero-order valence-corrected chi connectivity index (χ0v) is 12.7. The van der Waals surface area contributed by atoms with Crippen LogP contribution in [0, 0.1) is 6.92 Å². The summed E-state index contributed by atoms with van der Waals surface area (Å²) in [7, 11) is 1.59. The van der Waals surface area contributed by atoms with Crippen molar-refractivity contribution in [1.29, 1.82) is 0 Å². The Labute approximate surface area is 132 Å². The average molecular weight is 309 g/mol. The topological polar surface area (TPSA) is 81.9 Å². The largest absolute Gasteiger partial charge is 0.497 e. The number of ether oxygens (including phenoxy) is 1. The lowest BCUT2D eigenvalue weighted by Crippen LogP contribution is -2.12. The summed E-state index contributed by atoms with van der Waals surface area (Å²) in [5.74, 6) is 0.511. The predicted molar refractivity (Wildman–Crippen MR) is 84.8 cm³/mol. The van der Waals surface area contributed by atoms with Gasteiger partial charge in [0.05, 0.1) is 12.8 Å². The molecule has 0 atom stereocenters. The Hall–Kier alpha value is -3.22. The maximum atomic E-state index is 12.3. The van der Waals surface area contributed by atoms with Crippen LogP contribution in [-0.2, 0) is 0 Å². The lowest BCUT2D eigenvalue weighted by Gasteiger charge is -2.10. The van der Waals surface area contributed by atoms with Crippen LogP contribution in [0.15, 0.2) is 48.8 Å². The van der Waals surface area contributed by atoms with E-state index in [1.807, 2.05) is 25.1 Å². The van der Waals surface area contributed by atoms with Crippen LogP contribution in [0.25, 0.3) is 5.69 Å². The van der Waals surface area contributed by atoms with Gasteiger partial charge in [0.15, 0.2) is 0 Å². The molecule has 0 saturated carbocycles. The van der Waals surface area contributed by atoms with Crippen molar-refractivity contribution in [2.75, 3.05) is 12.4 Å². The molecule has 0 radical (unpaired) electrons. The summed E-state index contributed by atoms with van der Waals surface area (Å²) >= 11 is 0. The molecule has 0 aliphatic carbocycles. The molecule has 23 heavy (non-hydrogen) atoms. The molecule has 3 rings (SSSR count). The standard InChI is InChI=1S/C16H15N5O2/c1-11-3-6-13(9-15(11)21-10-17-19-20-21)18-16(22)12-4-7-14(23-2)8-5-12/h3-10H,1-2H3,(H,18,22). The maximum Gasteiger partial charge on any atom is 0.255 e. The van der Waals surface area contributed by atoms with Gasteiger partial charge < -0.3 is 10.1 Å². The molecule has 0 bridgehead atoms. The highest BCUT2D eigenvalue weighted by Gasteiger charge is 2.09. The summed E-state index contributed by atoms with van der Waals surface area (Å²) in [5, 5.41) is 14.0. The van der Waals surface area contributed by atoms with Crippen LogP contribution in [0.4, 0.5) is 5.69 Å². The first-order valence-electron chi connectivity index (χ1n) is 6.97. The highest BCUT2D eigenvalue weighted by molar-refractivity contribution is 6.04. The molecule has 7 heteroatoms. The molecule has 3 aromatic rings. The molecule has 7 nitrogen and oxygen atoms in total. The van der Waals surface area contributed by atoms with Crippen molar-refractivity contribution in [3.05, 3.63) is 59.9 Å². The van der Waals surface area contributed by atoms with Gasteiger partial charge in [0, 0.05) is 11.3 Å². The van der Waals surface area contributed by atoms with Crippen molar-refractivity contribution in [2.45, 2.75) is 6.92 Å². The maximum absolute atomic E-state index is 12.3. The Morgan fingerprint density at radius 2 is 1.96 bits per heavy atom. The molecule has 0 spiro atoms. The zero-order chi connectivity index (χ0) is 16.2. The van der Waals surface area contributed by atoms with Crippen LogP contribution >= 0.6 is 0 Å². The third kappa shape index (κ3) is 3.18. The van der Waals surface area contributed by atoms with Gasteiger partial charge >= 0.3 is 0 Å². The van der Waals surface area contributed by atoms with Crippen LogP contribution in [0.3, 0.4) is 0 Å². The van der Waals surface area contributed by atoms with Crippen molar-refractivity contribution in [3.8, 4) is 11.4 Å². The number of nitrogens with one attached hydrogen (secondary N) is 1. The van der Waals surface area contributed by atoms with E-state index in [2.05, 4.69) is 20.8 Å². The molecule has 1 aromatic heterocycles. The van der Waals surface area contributed by atoms with Gasteiger partial charge in [-0.15, -0.1) is 5.10 Å². The number of methoxy groups -OCH3 is 1. The minimum Gasteiger partial charge on any atom is -0.497 e. The first kappa shape index (κ1) is 14.7. The Morgan fingerprint density at radius 3 is 2.61 bits per heavy atom. The summed E-state index contributed by atoms with van der Waals surface area (Å²) in [6.45, 7) is 1.95. The third-order valence-electron chi connectivity index (χ3n) is 3.42. The minimum atomic E-state index is -0.195. The highest BCUT2D eigenvalue weighted by atomic mass is 16.5. The van der Waals surface area contributed by atoms with E-state index >= 15 is 0 Å². The molecule has 2 aromatic carbocycles. The number of nitrogens with zero attached hydrogens (tertiary/aromatic N) is 4. The number of amides is 1. The molecule has 0 aliphatic heterocycles. The Bertz CT molecular complexity index is 813. The molecule has 0 aliphatic rings. The van der Waals surface area contributed by atoms with Crippen LogP contribution in [-0.4, -0.2) is 33.2 Å². The lowest BCUT2D eigenvalue weighted by atomic mass is 10.1. The van der Waals surface area contributed by atoms with Crippen molar-refractivity contribution in [3.63, 3.8) is 0 Å². The predicted octanol–water partition coefficient (Wildman–Crippen LogP) is 2.23. The van der Waals surface area contributed by atoms with E-state index in [1.165, 1.54) is 6.33 Å². The zero-order valence-electron chi connectivity index (χ0n) is 12.7. The van der Waals surface area contributed by atoms with Gasteiger partial charge in [-0.1, -0.05) is 6.07 Å². The number of benzene rings is 2. The Kier molecular flexibility index (Phi) is 4.01. The molecule has 0 unspecified atom stereocenters. The first-order valence-corrected chi connectivity index (χ1v) is 6.97. The van der Waals surface area contributed by atoms with Crippen LogP contribution in [0.5, 0.6) is 5.75 Å². The van der Waals surface area contributed by atoms with E-state index in [1.54, 1.807) is 36.1 Å². The average Bonchev–Trinajstić information content (AvgIpc) is 3.11. The van der Waals surface area contributed by atoms with Gasteiger partial charge in [0.1, 0.15) is 12.1 Å². The Balaban J connectivity index is 1.82. The van der Waals surface area contributed by atoms with Gasteiger partial charge in [-0.2, -0.15) is 0 Å². The van der Waals surface area contributed by atoms with Gasteiger partial charge in [0.25, 0.3) is 5.91 Å². The van der Waals surface area contributed by atoms with Gasteiger partial charge in [-0.3, -0.25) is 4.79 Å². The fourth-order valence-corrected chi connectivity index (χ4v) is 2.15. The van der Waals surface area contributed by atoms with E-state index in [4.69, 9.17) is 4.74 Å². The van der Waals surface area contributed by atoms with Crippen LogP contribution in [0.1, 0.15) is 15.9 Å². The minimum absolute atomic E-state index is 0.195. The Morgan fingerprint density at radius 1 is 1.17 bits per heavy atom. The van der Waals surface area contributed by atoms with E-state index < -0.39 is 0 Å². The van der Waals surface area contributed by atoms with E-state index in [9.17, 15) is 4.79 Å².